The maximum absolute atomic E-state index is 14.3. The van der Waals surface area contributed by atoms with Crippen LogP contribution in [0.1, 0.15) is 71.0 Å². The number of nitrogens with zero attached hydrogens (tertiary/aromatic N) is 1. The highest BCUT2D eigenvalue weighted by Crippen LogP contribution is 2.26. The van der Waals surface area contributed by atoms with Gasteiger partial charge in [0.25, 0.3) is 0 Å². The summed E-state index contributed by atoms with van der Waals surface area (Å²) in [5, 5.41) is 25.0. The van der Waals surface area contributed by atoms with E-state index in [1.54, 1.807) is 52.0 Å². The number of rotatable bonds is 14. The molecule has 0 aliphatic rings. The molecule has 3 amide bonds. The predicted molar refractivity (Wildman–Crippen MR) is 157 cm³/mol. The van der Waals surface area contributed by atoms with E-state index in [2.05, 4.69) is 10.6 Å². The summed E-state index contributed by atoms with van der Waals surface area (Å²) in [6.45, 7) is 9.16. The highest BCUT2D eigenvalue weighted by atomic mass is 16.6. The van der Waals surface area contributed by atoms with Crippen LogP contribution < -0.4 is 10.6 Å². The molecular formula is C31H43N3O8. The Labute approximate surface area is 247 Å². The number of phenols is 2. The Balaban J connectivity index is 2.48. The van der Waals surface area contributed by atoms with E-state index in [0.29, 0.717) is 17.5 Å². The van der Waals surface area contributed by atoms with Crippen molar-refractivity contribution in [3.05, 3.63) is 59.7 Å². The van der Waals surface area contributed by atoms with Crippen LogP contribution in [-0.4, -0.2) is 70.3 Å². The normalized spacial score (nSPS) is 12.5. The van der Waals surface area contributed by atoms with Crippen LogP contribution in [0.15, 0.2) is 48.5 Å². The quantitative estimate of drug-likeness (QED) is 0.243. The van der Waals surface area contributed by atoms with E-state index < -0.39 is 41.6 Å². The highest BCUT2D eigenvalue weighted by Gasteiger charge is 2.36. The van der Waals surface area contributed by atoms with Gasteiger partial charge in [-0.3, -0.25) is 14.4 Å². The van der Waals surface area contributed by atoms with Crippen LogP contribution in [0.25, 0.3) is 0 Å². The second-order valence-corrected chi connectivity index (χ2v) is 10.8. The summed E-state index contributed by atoms with van der Waals surface area (Å²) in [5.74, 6) is -1.48. The Morgan fingerprint density at radius 1 is 0.929 bits per heavy atom. The Hall–Kier alpha value is -4.28. The van der Waals surface area contributed by atoms with Crippen molar-refractivity contribution in [1.82, 2.24) is 15.5 Å². The van der Waals surface area contributed by atoms with Gasteiger partial charge in [-0.25, -0.2) is 4.79 Å². The van der Waals surface area contributed by atoms with Crippen molar-refractivity contribution in [1.29, 1.82) is 0 Å². The first-order chi connectivity index (χ1) is 19.8. The Morgan fingerprint density at radius 3 is 2.07 bits per heavy atom. The van der Waals surface area contributed by atoms with Gasteiger partial charge in [0.1, 0.15) is 29.2 Å². The van der Waals surface area contributed by atoms with Crippen LogP contribution in [-0.2, 0) is 30.3 Å². The van der Waals surface area contributed by atoms with Gasteiger partial charge in [-0.05, 0) is 69.5 Å². The maximum atomic E-state index is 14.3. The van der Waals surface area contributed by atoms with Crippen LogP contribution in [0.5, 0.6) is 11.5 Å². The summed E-state index contributed by atoms with van der Waals surface area (Å²) >= 11 is 0. The fourth-order valence-electron chi connectivity index (χ4n) is 4.16. The van der Waals surface area contributed by atoms with E-state index in [1.807, 2.05) is 6.92 Å². The molecule has 2 aromatic rings. The van der Waals surface area contributed by atoms with E-state index >= 15 is 0 Å². The first-order valence-electron chi connectivity index (χ1n) is 14.1. The molecule has 230 valence electrons. The molecule has 0 bridgehead atoms. The number of hydrogen-bond donors (Lipinski definition) is 4. The number of phenolic OH excluding ortho intramolecular Hbond substituents is 2. The third-order valence-corrected chi connectivity index (χ3v) is 6.10. The summed E-state index contributed by atoms with van der Waals surface area (Å²) in [5.41, 5.74) is 0.287. The largest absolute Gasteiger partial charge is 0.508 e. The number of amides is 3. The van der Waals surface area contributed by atoms with Gasteiger partial charge in [0, 0.05) is 19.5 Å². The van der Waals surface area contributed by atoms with Crippen LogP contribution >= 0.6 is 0 Å². The number of alkyl carbamates (subject to hydrolysis) is 1. The number of ether oxygens (including phenoxy) is 2. The molecule has 0 aliphatic carbocycles. The molecule has 0 saturated carbocycles. The van der Waals surface area contributed by atoms with Crippen molar-refractivity contribution in [3.8, 4) is 11.5 Å². The average molecular weight is 586 g/mol. The smallest absolute Gasteiger partial charge is 0.408 e. The number of unbranched alkanes of at least 4 members (excludes halogenated alkanes) is 1. The Morgan fingerprint density at radius 2 is 1.52 bits per heavy atom. The molecule has 2 atom stereocenters. The fraction of sp³-hybridized carbons (Fsp3) is 0.484. The standard InChI is InChI=1S/C31H43N3O8/c1-6-8-19-34(27(22-11-15-24(36)16-12-22)28(38)32-18-17-26(37)41-7-2)29(39)25(33-30(40)42-31(3,4)5)20-21-9-13-23(35)14-10-21/h9-16,25,27,35-36H,6-8,17-20H2,1-5H3,(H,32,38)(H,33,40). The second-order valence-electron chi connectivity index (χ2n) is 10.8. The SMILES string of the molecule is CCCCN(C(=O)C(Cc1ccc(O)cc1)NC(=O)OC(C)(C)C)C(C(=O)NCCC(=O)OCC)c1ccc(O)cc1. The molecule has 0 radical (unpaired) electrons. The van der Waals surface area contributed by atoms with Crippen molar-refractivity contribution in [2.24, 2.45) is 0 Å². The van der Waals surface area contributed by atoms with Gasteiger partial charge in [0.15, 0.2) is 0 Å². The number of carbonyl (C=O) groups is 4. The summed E-state index contributed by atoms with van der Waals surface area (Å²) in [6.07, 6.45) is 0.505. The van der Waals surface area contributed by atoms with Gasteiger partial charge in [0.2, 0.25) is 11.8 Å². The first-order valence-corrected chi connectivity index (χ1v) is 14.1. The molecular weight excluding hydrogens is 542 g/mol. The number of hydrogen-bond acceptors (Lipinski definition) is 8. The van der Waals surface area contributed by atoms with Gasteiger partial charge in [-0.1, -0.05) is 37.6 Å². The predicted octanol–water partition coefficient (Wildman–Crippen LogP) is 3.97. The molecule has 0 spiro atoms. The second kappa shape index (κ2) is 16.2. The Bertz CT molecular complexity index is 1180. The molecule has 11 nitrogen and oxygen atoms in total. The van der Waals surface area contributed by atoms with Gasteiger partial charge < -0.3 is 35.2 Å². The minimum Gasteiger partial charge on any atom is -0.508 e. The minimum absolute atomic E-state index is 0.00481. The number of benzene rings is 2. The number of esters is 1. The third-order valence-electron chi connectivity index (χ3n) is 6.10. The fourth-order valence-corrected chi connectivity index (χ4v) is 4.16. The summed E-state index contributed by atoms with van der Waals surface area (Å²) in [7, 11) is 0. The van der Waals surface area contributed by atoms with Crippen molar-refractivity contribution in [2.75, 3.05) is 19.7 Å². The molecule has 0 aliphatic heterocycles. The van der Waals surface area contributed by atoms with Gasteiger partial charge in [-0.2, -0.15) is 0 Å². The minimum atomic E-state index is -1.13. The van der Waals surface area contributed by atoms with E-state index in [0.717, 1.165) is 6.42 Å². The molecule has 0 fully saturated rings. The number of aromatic hydroxyl groups is 2. The van der Waals surface area contributed by atoms with Crippen LogP contribution in [0, 0.1) is 0 Å². The summed E-state index contributed by atoms with van der Waals surface area (Å²) in [4.78, 5) is 54.0. The molecule has 0 heterocycles. The topological polar surface area (TPSA) is 154 Å². The molecule has 11 heteroatoms. The highest BCUT2D eigenvalue weighted by molar-refractivity contribution is 5.92. The number of carbonyl (C=O) groups excluding carboxylic acids is 4. The van der Waals surface area contributed by atoms with E-state index in [9.17, 15) is 29.4 Å². The monoisotopic (exact) mass is 585 g/mol. The van der Waals surface area contributed by atoms with Crippen molar-refractivity contribution in [2.45, 2.75) is 78.0 Å². The zero-order valence-electron chi connectivity index (χ0n) is 25.0. The average Bonchev–Trinajstić information content (AvgIpc) is 2.91. The number of nitrogens with one attached hydrogen (secondary N) is 2. The lowest BCUT2D eigenvalue weighted by Gasteiger charge is -2.34. The molecule has 2 unspecified atom stereocenters. The van der Waals surface area contributed by atoms with Crippen molar-refractivity contribution < 1.29 is 38.9 Å². The maximum Gasteiger partial charge on any atom is 0.408 e. The van der Waals surface area contributed by atoms with E-state index in [-0.39, 0.29) is 44.0 Å². The van der Waals surface area contributed by atoms with Crippen molar-refractivity contribution >= 4 is 23.9 Å². The Kier molecular flexibility index (Phi) is 13.1. The van der Waals surface area contributed by atoms with Gasteiger partial charge in [-0.15, -0.1) is 0 Å². The first kappa shape index (κ1) is 33.9. The molecule has 2 rings (SSSR count). The molecule has 4 N–H and O–H groups in total. The third kappa shape index (κ3) is 11.3. The van der Waals surface area contributed by atoms with E-state index in [4.69, 9.17) is 9.47 Å². The molecule has 2 aromatic carbocycles. The van der Waals surface area contributed by atoms with Gasteiger partial charge in [0.05, 0.1) is 13.0 Å². The van der Waals surface area contributed by atoms with E-state index in [1.165, 1.54) is 29.2 Å². The van der Waals surface area contributed by atoms with Gasteiger partial charge >= 0.3 is 12.1 Å². The molecule has 42 heavy (non-hydrogen) atoms. The molecule has 0 saturated heterocycles. The summed E-state index contributed by atoms with van der Waals surface area (Å²) in [6, 6.07) is 9.94. The van der Waals surface area contributed by atoms with Crippen LogP contribution in [0.2, 0.25) is 0 Å². The van der Waals surface area contributed by atoms with Crippen LogP contribution in [0.4, 0.5) is 4.79 Å². The van der Waals surface area contributed by atoms with Crippen LogP contribution in [0.3, 0.4) is 0 Å². The lowest BCUT2D eigenvalue weighted by Crippen LogP contribution is -2.54. The lowest BCUT2D eigenvalue weighted by atomic mass is 9.99. The zero-order valence-corrected chi connectivity index (χ0v) is 25.0. The zero-order chi connectivity index (χ0) is 31.3. The summed E-state index contributed by atoms with van der Waals surface area (Å²) < 4.78 is 10.4. The van der Waals surface area contributed by atoms with Crippen molar-refractivity contribution in [3.63, 3.8) is 0 Å². The molecule has 0 aromatic heterocycles. The lowest BCUT2D eigenvalue weighted by molar-refractivity contribution is -0.144.